The molecule has 35 heavy (non-hydrogen) atoms. The molecule has 0 fully saturated rings. The number of aromatic nitrogens is 2. The van der Waals surface area contributed by atoms with E-state index in [9.17, 15) is 0 Å². The van der Waals surface area contributed by atoms with Crippen molar-refractivity contribution in [3.05, 3.63) is 42.7 Å². The van der Waals surface area contributed by atoms with Gasteiger partial charge in [-0.05, 0) is 37.8 Å². The first-order valence-electron chi connectivity index (χ1n) is 15.5. The lowest BCUT2D eigenvalue weighted by molar-refractivity contribution is -0.686. The first-order valence-corrected chi connectivity index (χ1v) is 15.5. The van der Waals surface area contributed by atoms with Crippen LogP contribution in [0.5, 0.6) is 0 Å². The second-order valence-electron chi connectivity index (χ2n) is 10.7. The molecular weight excluding hydrogens is 424 g/mol. The summed E-state index contributed by atoms with van der Waals surface area (Å²) in [7, 11) is 0. The number of aryl methyl sites for hydroxylation is 2. The van der Waals surface area contributed by atoms with E-state index in [4.69, 9.17) is 0 Å². The van der Waals surface area contributed by atoms with E-state index in [1.165, 1.54) is 140 Å². The maximum absolute atomic E-state index is 2.51. The Balaban J connectivity index is 1.63. The number of hydrogen-bond acceptors (Lipinski definition) is 0. The fourth-order valence-electron chi connectivity index (χ4n) is 5.29. The van der Waals surface area contributed by atoms with Gasteiger partial charge in [-0.2, -0.15) is 0 Å². The van der Waals surface area contributed by atoms with Gasteiger partial charge in [0, 0.05) is 0 Å². The van der Waals surface area contributed by atoms with Crippen molar-refractivity contribution in [2.75, 3.05) is 0 Å². The standard InChI is InChI=1S/C33H57N2/c1-3-5-7-9-11-12-13-14-15-16-17-18-20-25-29-35-31-30-34(28-24-19-10-8-6-4-2)33(35)32-26-22-21-23-27-32/h21-23,26-27,30-31H,3-20,24-25,28-29H2,1-2H3/q+1. The van der Waals surface area contributed by atoms with Gasteiger partial charge in [0.05, 0.1) is 18.7 Å². The quantitative estimate of drug-likeness (QED) is 0.110. The predicted octanol–water partition coefficient (Wildman–Crippen LogP) is 10.3. The summed E-state index contributed by atoms with van der Waals surface area (Å²) in [4.78, 5) is 0. The zero-order valence-electron chi connectivity index (χ0n) is 23.5. The minimum absolute atomic E-state index is 1.14. The third-order valence-electron chi connectivity index (χ3n) is 7.51. The Bertz CT molecular complexity index is 718. The van der Waals surface area contributed by atoms with Gasteiger partial charge in [-0.15, -0.1) is 0 Å². The molecule has 0 N–H and O–H groups in total. The van der Waals surface area contributed by atoms with Crippen molar-refractivity contribution in [2.24, 2.45) is 0 Å². The van der Waals surface area contributed by atoms with Crippen LogP contribution in [0.25, 0.3) is 11.4 Å². The third-order valence-corrected chi connectivity index (χ3v) is 7.51. The van der Waals surface area contributed by atoms with Crippen molar-refractivity contribution in [3.63, 3.8) is 0 Å². The second kappa shape index (κ2) is 20.6. The fraction of sp³-hybridized carbons (Fsp3) is 0.727. The lowest BCUT2D eigenvalue weighted by Crippen LogP contribution is -2.34. The molecule has 0 aliphatic heterocycles. The molecule has 0 bridgehead atoms. The lowest BCUT2D eigenvalue weighted by atomic mass is 10.0. The number of rotatable bonds is 23. The number of unbranched alkanes of at least 4 members (excludes halogenated alkanes) is 18. The van der Waals surface area contributed by atoms with Crippen molar-refractivity contribution in [3.8, 4) is 11.4 Å². The molecule has 2 heteroatoms. The van der Waals surface area contributed by atoms with E-state index in [2.05, 4.69) is 65.7 Å². The van der Waals surface area contributed by atoms with Crippen LogP contribution in [0.2, 0.25) is 0 Å². The van der Waals surface area contributed by atoms with Crippen LogP contribution in [0.3, 0.4) is 0 Å². The number of hydrogen-bond donors (Lipinski definition) is 0. The average Bonchev–Trinajstić information content (AvgIpc) is 3.29. The highest BCUT2D eigenvalue weighted by Gasteiger charge is 2.18. The van der Waals surface area contributed by atoms with Crippen LogP contribution in [0.4, 0.5) is 0 Å². The molecule has 198 valence electrons. The van der Waals surface area contributed by atoms with E-state index < -0.39 is 0 Å². The molecule has 0 atom stereocenters. The van der Waals surface area contributed by atoms with E-state index in [1.807, 2.05) is 0 Å². The number of imidazole rings is 1. The molecule has 2 nitrogen and oxygen atoms in total. The highest BCUT2D eigenvalue weighted by Crippen LogP contribution is 2.18. The Hall–Kier alpha value is -1.57. The highest BCUT2D eigenvalue weighted by atomic mass is 15.1. The smallest absolute Gasteiger partial charge is 0.230 e. The molecule has 0 spiro atoms. The molecular formula is C33H57N2+. The number of benzene rings is 1. The van der Waals surface area contributed by atoms with Gasteiger partial charge < -0.3 is 0 Å². The summed E-state index contributed by atoms with van der Waals surface area (Å²) in [5, 5.41) is 0. The van der Waals surface area contributed by atoms with Gasteiger partial charge in [0.1, 0.15) is 12.4 Å². The third kappa shape index (κ3) is 13.3. The summed E-state index contributed by atoms with van der Waals surface area (Å²) in [6, 6.07) is 11.0. The molecule has 1 aromatic carbocycles. The fourth-order valence-corrected chi connectivity index (χ4v) is 5.29. The molecule has 1 heterocycles. The molecule has 0 aliphatic rings. The Morgan fingerprint density at radius 1 is 0.543 bits per heavy atom. The van der Waals surface area contributed by atoms with Gasteiger partial charge in [0.25, 0.3) is 5.82 Å². The monoisotopic (exact) mass is 481 g/mol. The van der Waals surface area contributed by atoms with Crippen molar-refractivity contribution in [1.29, 1.82) is 0 Å². The van der Waals surface area contributed by atoms with Crippen LogP contribution < -0.4 is 4.57 Å². The molecule has 0 radical (unpaired) electrons. The molecule has 2 rings (SSSR count). The minimum Gasteiger partial charge on any atom is -0.230 e. The highest BCUT2D eigenvalue weighted by molar-refractivity contribution is 5.52. The van der Waals surface area contributed by atoms with Crippen LogP contribution in [-0.2, 0) is 13.1 Å². The van der Waals surface area contributed by atoms with Crippen LogP contribution in [0, 0.1) is 0 Å². The van der Waals surface area contributed by atoms with Crippen molar-refractivity contribution in [2.45, 2.75) is 155 Å². The first-order chi connectivity index (χ1) is 17.4. The largest absolute Gasteiger partial charge is 0.288 e. The van der Waals surface area contributed by atoms with Gasteiger partial charge in [-0.25, -0.2) is 9.13 Å². The van der Waals surface area contributed by atoms with Gasteiger partial charge in [-0.1, -0.05) is 135 Å². The van der Waals surface area contributed by atoms with Crippen molar-refractivity contribution >= 4 is 0 Å². The van der Waals surface area contributed by atoms with E-state index in [-0.39, 0.29) is 0 Å². The molecule has 0 aliphatic carbocycles. The number of nitrogens with zero attached hydrogens (tertiary/aromatic N) is 2. The first kappa shape index (κ1) is 29.7. The van der Waals surface area contributed by atoms with Crippen LogP contribution in [0.1, 0.15) is 142 Å². The maximum Gasteiger partial charge on any atom is 0.288 e. The van der Waals surface area contributed by atoms with Crippen LogP contribution >= 0.6 is 0 Å². The van der Waals surface area contributed by atoms with E-state index in [0.717, 1.165) is 13.1 Å². The second-order valence-corrected chi connectivity index (χ2v) is 10.7. The molecule has 0 unspecified atom stereocenters. The maximum atomic E-state index is 2.51. The molecule has 0 saturated heterocycles. The Kier molecular flexibility index (Phi) is 17.5. The van der Waals surface area contributed by atoms with Crippen LogP contribution in [0.15, 0.2) is 42.7 Å². The minimum atomic E-state index is 1.14. The summed E-state index contributed by atoms with van der Waals surface area (Å²) in [6.07, 6.45) is 32.7. The Morgan fingerprint density at radius 2 is 1.00 bits per heavy atom. The summed E-state index contributed by atoms with van der Waals surface area (Å²) >= 11 is 0. The van der Waals surface area contributed by atoms with E-state index >= 15 is 0 Å². The predicted molar refractivity (Wildman–Crippen MR) is 154 cm³/mol. The Labute approximate surface area is 218 Å². The van der Waals surface area contributed by atoms with Gasteiger partial charge in [0.2, 0.25) is 0 Å². The molecule has 0 amide bonds. The van der Waals surface area contributed by atoms with Gasteiger partial charge in [0.15, 0.2) is 0 Å². The molecule has 2 aromatic rings. The SMILES string of the molecule is CCCCCCCCCCCCCCCC[n+]1ccn(CCCCCCCC)c1-c1ccccc1. The normalized spacial score (nSPS) is 11.4. The lowest BCUT2D eigenvalue weighted by Gasteiger charge is -2.06. The van der Waals surface area contributed by atoms with E-state index in [0.29, 0.717) is 0 Å². The van der Waals surface area contributed by atoms with Crippen LogP contribution in [-0.4, -0.2) is 4.57 Å². The average molecular weight is 482 g/mol. The topological polar surface area (TPSA) is 8.81 Å². The molecule has 1 aromatic heterocycles. The summed E-state index contributed by atoms with van der Waals surface area (Å²) in [5.74, 6) is 1.40. The molecule has 0 saturated carbocycles. The summed E-state index contributed by atoms with van der Waals surface area (Å²) in [5.41, 5.74) is 1.36. The zero-order valence-corrected chi connectivity index (χ0v) is 23.5. The Morgan fingerprint density at radius 3 is 1.51 bits per heavy atom. The van der Waals surface area contributed by atoms with Crippen molar-refractivity contribution < 1.29 is 4.57 Å². The summed E-state index contributed by atoms with van der Waals surface area (Å²) < 4.78 is 5.01. The van der Waals surface area contributed by atoms with E-state index in [1.54, 1.807) is 0 Å². The summed E-state index contributed by atoms with van der Waals surface area (Å²) in [6.45, 7) is 6.88. The van der Waals surface area contributed by atoms with Gasteiger partial charge in [-0.3, -0.25) is 0 Å². The van der Waals surface area contributed by atoms with Gasteiger partial charge >= 0.3 is 0 Å². The van der Waals surface area contributed by atoms with Crippen molar-refractivity contribution in [1.82, 2.24) is 4.57 Å². The zero-order chi connectivity index (χ0) is 24.8.